The van der Waals surface area contributed by atoms with E-state index in [0.717, 1.165) is 25.7 Å². The molecule has 0 saturated heterocycles. The fourth-order valence-corrected chi connectivity index (χ4v) is 4.45. The number of hydrogen-bond acceptors (Lipinski definition) is 5. The van der Waals surface area contributed by atoms with Crippen LogP contribution in [0.2, 0.25) is 0 Å². The Morgan fingerprint density at radius 1 is 0.939 bits per heavy atom. The van der Waals surface area contributed by atoms with Gasteiger partial charge in [0, 0.05) is 29.2 Å². The maximum Gasteiger partial charge on any atom is 0.323 e. The summed E-state index contributed by atoms with van der Waals surface area (Å²) in [6.45, 7) is 0. The van der Waals surface area contributed by atoms with Gasteiger partial charge in [-0.15, -0.1) is 0 Å². The van der Waals surface area contributed by atoms with Crippen LogP contribution in [0.15, 0.2) is 67.1 Å². The fraction of sp³-hybridized carbons (Fsp3) is 0.200. The van der Waals surface area contributed by atoms with Crippen molar-refractivity contribution in [1.82, 2.24) is 14.5 Å². The Kier molecular flexibility index (Phi) is 5.48. The summed E-state index contributed by atoms with van der Waals surface area (Å²) in [7, 11) is 0. The standard InChI is InChI=1S/C25H24N6O2/c26-23-21-20(14-31(19-11-4-5-12-19)24(21)28-15-27-23)22(32)16-7-6-10-18(13-16)30-25(33)29-17-8-2-1-3-9-17/h1-3,6-10,13-15,19H,4-5,11-12H2,(H2,26,27,28)(H2,29,30,33). The number of anilines is 3. The van der Waals surface area contributed by atoms with E-state index < -0.39 is 0 Å². The highest BCUT2D eigenvalue weighted by Gasteiger charge is 2.25. The predicted molar refractivity (Wildman–Crippen MR) is 128 cm³/mol. The van der Waals surface area contributed by atoms with Crippen molar-refractivity contribution in [3.63, 3.8) is 0 Å². The van der Waals surface area contributed by atoms with Gasteiger partial charge < -0.3 is 20.9 Å². The monoisotopic (exact) mass is 440 g/mol. The molecule has 4 aromatic rings. The Morgan fingerprint density at radius 2 is 1.67 bits per heavy atom. The molecule has 0 radical (unpaired) electrons. The third kappa shape index (κ3) is 4.15. The molecule has 1 fully saturated rings. The van der Waals surface area contributed by atoms with Crippen LogP contribution in [0.25, 0.3) is 11.0 Å². The van der Waals surface area contributed by atoms with E-state index in [0.29, 0.717) is 39.6 Å². The number of nitrogens with zero attached hydrogens (tertiary/aromatic N) is 3. The Labute approximate surface area is 190 Å². The molecule has 1 aliphatic carbocycles. The molecule has 1 saturated carbocycles. The molecule has 166 valence electrons. The van der Waals surface area contributed by atoms with Gasteiger partial charge in [0.15, 0.2) is 5.78 Å². The third-order valence-corrected chi connectivity index (χ3v) is 6.02. The maximum absolute atomic E-state index is 13.5. The fourth-order valence-electron chi connectivity index (χ4n) is 4.45. The summed E-state index contributed by atoms with van der Waals surface area (Å²) in [5.41, 5.74) is 8.97. The number of nitrogen functional groups attached to an aromatic ring is 1. The summed E-state index contributed by atoms with van der Waals surface area (Å²) in [5, 5.41) is 6.12. The number of nitrogens with two attached hydrogens (primary N) is 1. The molecule has 0 spiro atoms. The lowest BCUT2D eigenvalue weighted by atomic mass is 10.0. The van der Waals surface area contributed by atoms with Crippen LogP contribution < -0.4 is 16.4 Å². The quantitative estimate of drug-likeness (QED) is 0.378. The number of carbonyl (C=O) groups excluding carboxylic acids is 2. The normalized spacial score (nSPS) is 13.8. The molecule has 0 atom stereocenters. The molecule has 5 rings (SSSR count). The number of hydrogen-bond donors (Lipinski definition) is 3. The lowest BCUT2D eigenvalue weighted by molar-refractivity contribution is 0.104. The highest BCUT2D eigenvalue weighted by Crippen LogP contribution is 2.35. The van der Waals surface area contributed by atoms with E-state index in [1.54, 1.807) is 36.4 Å². The van der Waals surface area contributed by atoms with Crippen LogP contribution in [-0.4, -0.2) is 26.3 Å². The van der Waals surface area contributed by atoms with Crippen molar-refractivity contribution in [3.05, 3.63) is 78.2 Å². The van der Waals surface area contributed by atoms with Crippen molar-refractivity contribution in [3.8, 4) is 0 Å². The van der Waals surface area contributed by atoms with Crippen LogP contribution >= 0.6 is 0 Å². The molecule has 8 heteroatoms. The number of benzene rings is 2. The number of para-hydroxylation sites is 1. The van der Waals surface area contributed by atoms with Crippen LogP contribution in [0.1, 0.15) is 47.6 Å². The average molecular weight is 441 g/mol. The number of rotatable bonds is 5. The van der Waals surface area contributed by atoms with E-state index in [1.807, 2.05) is 24.4 Å². The summed E-state index contributed by atoms with van der Waals surface area (Å²) >= 11 is 0. The van der Waals surface area contributed by atoms with E-state index in [2.05, 4.69) is 25.2 Å². The van der Waals surface area contributed by atoms with Gasteiger partial charge in [0.05, 0.1) is 10.9 Å². The van der Waals surface area contributed by atoms with Gasteiger partial charge in [-0.2, -0.15) is 0 Å². The SMILES string of the molecule is Nc1ncnc2c1c(C(=O)c1cccc(NC(=O)Nc3ccccc3)c1)cn2C1CCCC1. The second-order valence-corrected chi connectivity index (χ2v) is 8.20. The lowest BCUT2D eigenvalue weighted by Gasteiger charge is -2.12. The number of carbonyl (C=O) groups is 2. The van der Waals surface area contributed by atoms with E-state index in [1.165, 1.54) is 6.33 Å². The van der Waals surface area contributed by atoms with Gasteiger partial charge in [0.25, 0.3) is 0 Å². The first kappa shape index (κ1) is 20.7. The van der Waals surface area contributed by atoms with Crippen molar-refractivity contribution in [2.24, 2.45) is 0 Å². The van der Waals surface area contributed by atoms with Gasteiger partial charge in [0.2, 0.25) is 0 Å². The van der Waals surface area contributed by atoms with Gasteiger partial charge in [-0.3, -0.25) is 4.79 Å². The molecule has 2 aromatic carbocycles. The minimum absolute atomic E-state index is 0.189. The number of amides is 2. The molecule has 33 heavy (non-hydrogen) atoms. The Hall–Kier alpha value is -4.20. The molecule has 2 amide bonds. The number of nitrogens with one attached hydrogen (secondary N) is 2. The molecule has 2 heterocycles. The van der Waals surface area contributed by atoms with Crippen LogP contribution in [-0.2, 0) is 0 Å². The number of ketones is 1. The summed E-state index contributed by atoms with van der Waals surface area (Å²) < 4.78 is 2.07. The summed E-state index contributed by atoms with van der Waals surface area (Å²) in [6.07, 6.45) is 7.72. The molecule has 0 unspecified atom stereocenters. The number of urea groups is 1. The summed E-state index contributed by atoms with van der Waals surface area (Å²) in [6, 6.07) is 15.9. The second kappa shape index (κ2) is 8.74. The minimum atomic E-state index is -0.388. The van der Waals surface area contributed by atoms with Crippen molar-refractivity contribution in [1.29, 1.82) is 0 Å². The summed E-state index contributed by atoms with van der Waals surface area (Å²) in [5.74, 6) is 0.0991. The molecule has 8 nitrogen and oxygen atoms in total. The van der Waals surface area contributed by atoms with Gasteiger partial charge >= 0.3 is 6.03 Å². The van der Waals surface area contributed by atoms with Crippen LogP contribution in [0.5, 0.6) is 0 Å². The van der Waals surface area contributed by atoms with E-state index in [9.17, 15) is 9.59 Å². The van der Waals surface area contributed by atoms with Gasteiger partial charge in [0.1, 0.15) is 17.8 Å². The zero-order valence-electron chi connectivity index (χ0n) is 18.0. The molecular formula is C25H24N6O2. The van der Waals surface area contributed by atoms with Crippen molar-refractivity contribution >= 4 is 40.0 Å². The Balaban J connectivity index is 1.44. The Bertz CT molecular complexity index is 1330. The number of fused-ring (bicyclic) bond motifs is 1. The van der Waals surface area contributed by atoms with Gasteiger partial charge in [-0.05, 0) is 37.1 Å². The molecule has 0 aliphatic heterocycles. The Morgan fingerprint density at radius 3 is 2.45 bits per heavy atom. The minimum Gasteiger partial charge on any atom is -0.383 e. The first-order chi connectivity index (χ1) is 16.1. The third-order valence-electron chi connectivity index (χ3n) is 6.02. The largest absolute Gasteiger partial charge is 0.383 e. The van der Waals surface area contributed by atoms with Crippen molar-refractivity contribution in [2.75, 3.05) is 16.4 Å². The lowest BCUT2D eigenvalue weighted by Crippen LogP contribution is -2.19. The van der Waals surface area contributed by atoms with Crippen LogP contribution in [0, 0.1) is 0 Å². The van der Waals surface area contributed by atoms with E-state index in [4.69, 9.17) is 5.73 Å². The smallest absolute Gasteiger partial charge is 0.323 e. The van der Waals surface area contributed by atoms with Gasteiger partial charge in [-0.1, -0.05) is 43.2 Å². The predicted octanol–water partition coefficient (Wildman–Crippen LogP) is 5.00. The van der Waals surface area contributed by atoms with Crippen molar-refractivity contribution in [2.45, 2.75) is 31.7 Å². The highest BCUT2D eigenvalue weighted by molar-refractivity contribution is 6.18. The summed E-state index contributed by atoms with van der Waals surface area (Å²) in [4.78, 5) is 34.4. The van der Waals surface area contributed by atoms with Gasteiger partial charge in [-0.25, -0.2) is 14.8 Å². The molecule has 0 bridgehead atoms. The zero-order chi connectivity index (χ0) is 22.8. The average Bonchev–Trinajstić information content (AvgIpc) is 3.48. The van der Waals surface area contributed by atoms with Crippen LogP contribution in [0.4, 0.5) is 22.0 Å². The highest BCUT2D eigenvalue weighted by atomic mass is 16.2. The second-order valence-electron chi connectivity index (χ2n) is 8.20. The molecule has 1 aliphatic rings. The topological polar surface area (TPSA) is 115 Å². The molecular weight excluding hydrogens is 416 g/mol. The maximum atomic E-state index is 13.5. The first-order valence-corrected chi connectivity index (χ1v) is 11.0. The molecule has 4 N–H and O–H groups in total. The molecule has 2 aromatic heterocycles. The van der Waals surface area contributed by atoms with Crippen molar-refractivity contribution < 1.29 is 9.59 Å². The zero-order valence-corrected chi connectivity index (χ0v) is 18.0. The van der Waals surface area contributed by atoms with E-state index in [-0.39, 0.29) is 17.6 Å². The number of aromatic nitrogens is 3. The first-order valence-electron chi connectivity index (χ1n) is 11.0. The van der Waals surface area contributed by atoms with E-state index >= 15 is 0 Å². The van der Waals surface area contributed by atoms with Crippen LogP contribution in [0.3, 0.4) is 0 Å².